The molecular weight excluding hydrogens is 172 g/mol. The summed E-state index contributed by atoms with van der Waals surface area (Å²) >= 11 is 0. The van der Waals surface area contributed by atoms with Gasteiger partial charge >= 0.3 is 11.7 Å². The second kappa shape index (κ2) is 3.54. The minimum Gasteiger partial charge on any atom is -0.489 e. The molecule has 1 aromatic carbocycles. The number of carboxylic acids is 1. The van der Waals surface area contributed by atoms with Crippen LogP contribution in [-0.2, 0) is 0 Å². The Bertz CT molecular complexity index is 381. The lowest BCUT2D eigenvalue weighted by molar-refractivity contribution is 0.0697. The second-order valence-electron chi connectivity index (χ2n) is 2.29. The van der Waals surface area contributed by atoms with Gasteiger partial charge in [0.1, 0.15) is 0 Å². The van der Waals surface area contributed by atoms with Gasteiger partial charge in [-0.25, -0.2) is 4.79 Å². The highest BCUT2D eigenvalue weighted by Crippen LogP contribution is 2.27. The lowest BCUT2D eigenvalue weighted by atomic mass is 10.2. The van der Waals surface area contributed by atoms with Crippen molar-refractivity contribution in [1.29, 1.82) is 5.39 Å². The summed E-state index contributed by atoms with van der Waals surface area (Å²) in [6.45, 7) is 0. The van der Waals surface area contributed by atoms with Crippen molar-refractivity contribution in [1.82, 2.24) is 0 Å². The number of benzene rings is 1. The first-order valence-electron chi connectivity index (χ1n) is 3.45. The molecule has 0 radical (unpaired) electrons. The average Bonchev–Trinajstić information content (AvgIpc) is 2.16. The van der Waals surface area contributed by atoms with Crippen LogP contribution >= 0.6 is 0 Å². The number of carboxylic acid groups (broad SMARTS) is 1. The van der Waals surface area contributed by atoms with Gasteiger partial charge in [0.15, 0.2) is 4.98 Å². The van der Waals surface area contributed by atoms with Gasteiger partial charge in [-0.05, 0) is 12.1 Å². The van der Waals surface area contributed by atoms with Crippen molar-refractivity contribution in [2.75, 3.05) is 7.11 Å². The Morgan fingerprint density at radius 1 is 1.62 bits per heavy atom. The molecule has 0 unspecified atom stereocenters. The van der Waals surface area contributed by atoms with E-state index >= 15 is 0 Å². The smallest absolute Gasteiger partial charge is 0.427 e. The Morgan fingerprint density at radius 3 is 2.77 bits per heavy atom. The summed E-state index contributed by atoms with van der Waals surface area (Å²) in [5, 5.41) is 17.1. The van der Waals surface area contributed by atoms with Crippen molar-refractivity contribution in [2.45, 2.75) is 0 Å². The zero-order valence-corrected chi connectivity index (χ0v) is 6.89. The number of nitrogens with zero attached hydrogens (tertiary/aromatic N) is 2. The number of diazo groups is 1. The molecule has 1 N–H and O–H groups in total. The lowest BCUT2D eigenvalue weighted by Gasteiger charge is -1.95. The van der Waals surface area contributed by atoms with Gasteiger partial charge in [0.05, 0.1) is 18.7 Å². The molecule has 1 aromatic rings. The minimum absolute atomic E-state index is 0.0496. The van der Waals surface area contributed by atoms with Gasteiger partial charge in [-0.3, -0.25) is 0 Å². The van der Waals surface area contributed by atoms with Crippen molar-refractivity contribution in [2.24, 2.45) is 0 Å². The quantitative estimate of drug-likeness (QED) is 0.703. The van der Waals surface area contributed by atoms with Crippen molar-refractivity contribution >= 4 is 11.7 Å². The first-order valence-corrected chi connectivity index (χ1v) is 3.45. The number of aromatic carboxylic acids is 1. The number of carbonyl (C=O) groups is 1. The maximum atomic E-state index is 10.5. The average molecular weight is 179 g/mol. The van der Waals surface area contributed by atoms with Crippen LogP contribution in [-0.4, -0.2) is 18.2 Å². The van der Waals surface area contributed by atoms with Crippen LogP contribution in [0.2, 0.25) is 0 Å². The maximum absolute atomic E-state index is 10.5. The second-order valence-corrected chi connectivity index (χ2v) is 2.29. The molecule has 0 saturated carbocycles. The Morgan fingerprint density at radius 2 is 2.31 bits per heavy atom. The molecule has 5 nitrogen and oxygen atoms in total. The van der Waals surface area contributed by atoms with Crippen molar-refractivity contribution in [3.8, 4) is 5.75 Å². The zero-order valence-electron chi connectivity index (χ0n) is 6.89. The van der Waals surface area contributed by atoms with Gasteiger partial charge in [-0.1, -0.05) is 0 Å². The molecule has 13 heavy (non-hydrogen) atoms. The highest BCUT2D eigenvalue weighted by molar-refractivity contribution is 5.89. The van der Waals surface area contributed by atoms with Crippen LogP contribution in [0.25, 0.3) is 4.98 Å². The van der Waals surface area contributed by atoms with E-state index in [2.05, 4.69) is 4.98 Å². The molecule has 0 fully saturated rings. The highest BCUT2D eigenvalue weighted by atomic mass is 16.5. The van der Waals surface area contributed by atoms with E-state index in [1.165, 1.54) is 25.3 Å². The molecule has 0 atom stereocenters. The van der Waals surface area contributed by atoms with E-state index in [1.54, 1.807) is 0 Å². The van der Waals surface area contributed by atoms with Crippen LogP contribution in [0, 0.1) is 5.39 Å². The predicted octanol–water partition coefficient (Wildman–Crippen LogP) is 1.88. The standard InChI is InChI=1S/C8H6N2O3/c1-13-7-3-2-5(8(11)12)4-6(7)10-9/h2-4H,1H3/p+1. The summed E-state index contributed by atoms with van der Waals surface area (Å²) in [5.74, 6) is -0.750. The normalized spacial score (nSPS) is 8.92. The zero-order chi connectivity index (χ0) is 9.84. The molecule has 1 rings (SSSR count). The molecule has 66 valence electrons. The van der Waals surface area contributed by atoms with Crippen molar-refractivity contribution in [3.05, 3.63) is 28.7 Å². The molecule has 0 aliphatic heterocycles. The van der Waals surface area contributed by atoms with E-state index in [1.807, 2.05) is 0 Å². The highest BCUT2D eigenvalue weighted by Gasteiger charge is 2.17. The predicted molar refractivity (Wildman–Crippen MR) is 44.7 cm³/mol. The number of ether oxygens (including phenoxy) is 1. The number of rotatable bonds is 2. The van der Waals surface area contributed by atoms with Gasteiger partial charge < -0.3 is 9.84 Å². The summed E-state index contributed by atoms with van der Waals surface area (Å²) < 4.78 is 4.82. The Hall–Kier alpha value is -2.09. The van der Waals surface area contributed by atoms with E-state index in [9.17, 15) is 4.79 Å². The molecule has 0 aliphatic rings. The molecule has 5 heteroatoms. The number of hydrogen-bond acceptors (Lipinski definition) is 3. The number of methoxy groups -OCH3 is 1. The molecule has 0 aromatic heterocycles. The molecular formula is C8H7N2O3+. The summed E-state index contributed by atoms with van der Waals surface area (Å²) in [6, 6.07) is 4.02. The fraction of sp³-hybridized carbons (Fsp3) is 0.125. The van der Waals surface area contributed by atoms with Crippen LogP contribution in [0.1, 0.15) is 10.4 Å². The molecule has 0 amide bonds. The Balaban J connectivity index is 3.23. The van der Waals surface area contributed by atoms with E-state index in [-0.39, 0.29) is 11.3 Å². The topological polar surface area (TPSA) is 74.7 Å². The number of hydrogen-bond donors (Lipinski definition) is 1. The van der Waals surface area contributed by atoms with Crippen LogP contribution in [0.4, 0.5) is 5.69 Å². The van der Waals surface area contributed by atoms with Crippen LogP contribution in [0.3, 0.4) is 0 Å². The van der Waals surface area contributed by atoms with Gasteiger partial charge in [0, 0.05) is 0 Å². The van der Waals surface area contributed by atoms with E-state index in [0.29, 0.717) is 5.75 Å². The fourth-order valence-corrected chi connectivity index (χ4v) is 0.901. The minimum atomic E-state index is -1.08. The van der Waals surface area contributed by atoms with Gasteiger partial charge in [-0.15, -0.1) is 0 Å². The first kappa shape index (κ1) is 9.00. The van der Waals surface area contributed by atoms with Crippen LogP contribution in [0.15, 0.2) is 18.2 Å². The monoisotopic (exact) mass is 179 g/mol. The largest absolute Gasteiger partial charge is 0.489 e. The van der Waals surface area contributed by atoms with Gasteiger partial charge in [0.2, 0.25) is 11.1 Å². The summed E-state index contributed by atoms with van der Waals surface area (Å²) in [7, 11) is 1.41. The Labute approximate surface area is 74.2 Å². The van der Waals surface area contributed by atoms with E-state index in [4.69, 9.17) is 15.2 Å². The first-order chi connectivity index (χ1) is 6.19. The van der Waals surface area contributed by atoms with Crippen LogP contribution in [0.5, 0.6) is 5.75 Å². The van der Waals surface area contributed by atoms with Crippen molar-refractivity contribution < 1.29 is 14.6 Å². The van der Waals surface area contributed by atoms with Gasteiger partial charge in [0.25, 0.3) is 0 Å². The summed E-state index contributed by atoms with van der Waals surface area (Å²) in [6.07, 6.45) is 0. The van der Waals surface area contributed by atoms with Gasteiger partial charge in [-0.2, -0.15) is 0 Å². The fourth-order valence-electron chi connectivity index (χ4n) is 0.901. The molecule has 0 aliphatic carbocycles. The SMILES string of the molecule is COc1ccc(C(=O)O)cc1[N+]#N. The molecule has 0 bridgehead atoms. The third-order valence-electron chi connectivity index (χ3n) is 1.53. The van der Waals surface area contributed by atoms with E-state index < -0.39 is 5.97 Å². The molecule has 0 saturated heterocycles. The Kier molecular flexibility index (Phi) is 2.45. The third kappa shape index (κ3) is 1.73. The third-order valence-corrected chi connectivity index (χ3v) is 1.53. The van der Waals surface area contributed by atoms with Crippen LogP contribution < -0.4 is 4.74 Å². The summed E-state index contributed by atoms with van der Waals surface area (Å²) in [4.78, 5) is 13.4. The summed E-state index contributed by atoms with van der Waals surface area (Å²) in [5.41, 5.74) is 0.149. The molecule has 0 spiro atoms. The maximum Gasteiger partial charge on any atom is 0.427 e. The molecule has 0 heterocycles. The van der Waals surface area contributed by atoms with E-state index in [0.717, 1.165) is 0 Å². The van der Waals surface area contributed by atoms with Crippen molar-refractivity contribution in [3.63, 3.8) is 0 Å². The lowest BCUT2D eigenvalue weighted by Crippen LogP contribution is -1.95.